The van der Waals surface area contributed by atoms with E-state index in [4.69, 9.17) is 4.74 Å². The van der Waals surface area contributed by atoms with Crippen LogP contribution in [0.2, 0.25) is 0 Å². The van der Waals surface area contributed by atoms with Gasteiger partial charge in [-0.1, -0.05) is 17.4 Å². The summed E-state index contributed by atoms with van der Waals surface area (Å²) in [4.78, 5) is 18.3. The molecule has 1 atom stereocenters. The van der Waals surface area contributed by atoms with Crippen LogP contribution in [0.25, 0.3) is 10.2 Å². The standard InChI is InChI=1S/C22H27N3O4S4/c1-3-29-17-8-9-18-19(14-17)32-22(25(18)11-13-30-2)23-21(26)16-6-4-10-24(15-16)33(27,28)20-7-5-12-31-20/h5,7-9,12,14,16H,3-4,6,10-11,13,15H2,1-2H3. The number of nitrogens with zero attached hydrogens (tertiary/aromatic N) is 3. The molecule has 1 aromatic carbocycles. The number of sulfonamides is 1. The van der Waals surface area contributed by atoms with E-state index in [2.05, 4.69) is 15.8 Å². The Morgan fingerprint density at radius 3 is 2.91 bits per heavy atom. The molecule has 1 amide bonds. The Morgan fingerprint density at radius 2 is 2.18 bits per heavy atom. The maximum Gasteiger partial charge on any atom is 0.252 e. The fraction of sp³-hybridized carbons (Fsp3) is 0.455. The molecule has 1 fully saturated rings. The molecule has 3 aromatic rings. The number of hydrogen-bond acceptors (Lipinski definition) is 7. The Kier molecular flexibility index (Phi) is 7.95. The molecule has 1 aliphatic rings. The highest BCUT2D eigenvalue weighted by atomic mass is 32.2. The zero-order valence-electron chi connectivity index (χ0n) is 18.6. The minimum Gasteiger partial charge on any atom is -0.494 e. The zero-order chi connectivity index (χ0) is 23.4. The third kappa shape index (κ3) is 5.37. The summed E-state index contributed by atoms with van der Waals surface area (Å²) in [5.74, 6) is 1.00. The van der Waals surface area contributed by atoms with Gasteiger partial charge >= 0.3 is 0 Å². The molecule has 1 saturated heterocycles. The first-order valence-electron chi connectivity index (χ1n) is 10.8. The SMILES string of the molecule is CCOc1ccc2c(c1)sc(=NC(=O)C1CCCN(S(=O)(=O)c3cccs3)C1)n2CCSC. The van der Waals surface area contributed by atoms with Crippen molar-refractivity contribution in [3.05, 3.63) is 40.5 Å². The number of carbonyl (C=O) groups excluding carboxylic acids is 1. The number of thioether (sulfide) groups is 1. The lowest BCUT2D eigenvalue weighted by atomic mass is 9.99. The van der Waals surface area contributed by atoms with E-state index in [1.165, 1.54) is 27.0 Å². The van der Waals surface area contributed by atoms with Crippen molar-refractivity contribution in [2.45, 2.75) is 30.5 Å². The van der Waals surface area contributed by atoms with Gasteiger partial charge in [0.2, 0.25) is 0 Å². The van der Waals surface area contributed by atoms with E-state index in [0.717, 1.165) is 28.3 Å². The van der Waals surface area contributed by atoms with E-state index < -0.39 is 15.9 Å². The van der Waals surface area contributed by atoms with Crippen molar-refractivity contribution >= 4 is 60.6 Å². The summed E-state index contributed by atoms with van der Waals surface area (Å²) in [5, 5.41) is 1.75. The number of benzene rings is 1. The fourth-order valence-electron chi connectivity index (χ4n) is 3.88. The van der Waals surface area contributed by atoms with Gasteiger partial charge in [0.25, 0.3) is 15.9 Å². The third-order valence-electron chi connectivity index (χ3n) is 5.51. The molecule has 1 unspecified atom stereocenters. The minimum absolute atomic E-state index is 0.173. The predicted molar refractivity (Wildman–Crippen MR) is 136 cm³/mol. The molecule has 0 aliphatic carbocycles. The number of fused-ring (bicyclic) bond motifs is 1. The van der Waals surface area contributed by atoms with E-state index in [-0.39, 0.29) is 12.5 Å². The molecule has 0 bridgehead atoms. The van der Waals surface area contributed by atoms with Gasteiger partial charge in [-0.15, -0.1) is 11.3 Å². The predicted octanol–water partition coefficient (Wildman–Crippen LogP) is 4.05. The molecule has 4 rings (SSSR count). The van der Waals surface area contributed by atoms with Crippen molar-refractivity contribution in [3.8, 4) is 5.75 Å². The quantitative estimate of drug-likeness (QED) is 0.443. The minimum atomic E-state index is -3.57. The van der Waals surface area contributed by atoms with Crippen LogP contribution in [0.5, 0.6) is 5.75 Å². The van der Waals surface area contributed by atoms with Crippen molar-refractivity contribution in [3.63, 3.8) is 0 Å². The topological polar surface area (TPSA) is 81.0 Å². The summed E-state index contributed by atoms with van der Waals surface area (Å²) in [7, 11) is -3.57. The summed E-state index contributed by atoms with van der Waals surface area (Å²) >= 11 is 4.40. The van der Waals surface area contributed by atoms with E-state index in [1.54, 1.807) is 29.3 Å². The number of amides is 1. The lowest BCUT2D eigenvalue weighted by Crippen LogP contribution is -2.42. The number of ether oxygens (including phenoxy) is 1. The van der Waals surface area contributed by atoms with Gasteiger partial charge in [-0.3, -0.25) is 4.79 Å². The molecular weight excluding hydrogens is 499 g/mol. The summed E-state index contributed by atoms with van der Waals surface area (Å²) in [6.45, 7) is 3.88. The number of aromatic nitrogens is 1. The highest BCUT2D eigenvalue weighted by Crippen LogP contribution is 2.27. The van der Waals surface area contributed by atoms with Crippen LogP contribution in [0.15, 0.2) is 44.9 Å². The summed E-state index contributed by atoms with van der Waals surface area (Å²) in [6, 6.07) is 9.27. The molecule has 11 heteroatoms. The van der Waals surface area contributed by atoms with Gasteiger partial charge in [0, 0.05) is 25.4 Å². The normalized spacial score (nSPS) is 18.1. The van der Waals surface area contributed by atoms with Gasteiger partial charge in [-0.2, -0.15) is 21.1 Å². The number of carbonyl (C=O) groups is 1. The Hall–Kier alpha value is -1.66. The molecule has 178 valence electrons. The van der Waals surface area contributed by atoms with Crippen LogP contribution in [0.4, 0.5) is 0 Å². The summed E-state index contributed by atoms with van der Waals surface area (Å²) in [5.41, 5.74) is 1.02. The van der Waals surface area contributed by atoms with E-state index in [0.29, 0.717) is 35.0 Å². The first-order chi connectivity index (χ1) is 15.9. The molecule has 0 spiro atoms. The van der Waals surface area contributed by atoms with Crippen LogP contribution >= 0.6 is 34.4 Å². The molecule has 0 N–H and O–H groups in total. The zero-order valence-corrected chi connectivity index (χ0v) is 21.9. The number of hydrogen-bond donors (Lipinski definition) is 0. The largest absolute Gasteiger partial charge is 0.494 e. The Bertz CT molecular complexity index is 1280. The summed E-state index contributed by atoms with van der Waals surface area (Å²) in [6.07, 6.45) is 3.34. The molecular formula is C22H27N3O4S4. The maximum absolute atomic E-state index is 13.2. The fourth-order valence-corrected chi connectivity index (χ4v) is 8.00. The van der Waals surface area contributed by atoms with Crippen molar-refractivity contribution in [1.82, 2.24) is 8.87 Å². The average molecular weight is 526 g/mol. The molecule has 0 radical (unpaired) electrons. The van der Waals surface area contributed by atoms with E-state index in [9.17, 15) is 13.2 Å². The van der Waals surface area contributed by atoms with Gasteiger partial charge in [0.1, 0.15) is 9.96 Å². The van der Waals surface area contributed by atoms with Crippen LogP contribution in [0.1, 0.15) is 19.8 Å². The number of aryl methyl sites for hydroxylation is 1. The first-order valence-corrected chi connectivity index (χ1v) is 15.3. The average Bonchev–Trinajstić information content (AvgIpc) is 3.46. The van der Waals surface area contributed by atoms with E-state index >= 15 is 0 Å². The Labute approximate surface area is 206 Å². The lowest BCUT2D eigenvalue weighted by Gasteiger charge is -2.29. The number of piperidine rings is 1. The van der Waals surface area contributed by atoms with Gasteiger partial charge < -0.3 is 9.30 Å². The van der Waals surface area contributed by atoms with Crippen LogP contribution in [0.3, 0.4) is 0 Å². The van der Waals surface area contributed by atoms with Gasteiger partial charge in [0.15, 0.2) is 4.80 Å². The second-order valence-corrected chi connectivity index (χ2v) is 12.8. The van der Waals surface area contributed by atoms with Crippen molar-refractivity contribution in [1.29, 1.82) is 0 Å². The second kappa shape index (κ2) is 10.7. The van der Waals surface area contributed by atoms with Crippen LogP contribution < -0.4 is 9.54 Å². The number of thiazole rings is 1. The molecule has 1 aliphatic heterocycles. The van der Waals surface area contributed by atoms with Crippen LogP contribution in [0, 0.1) is 5.92 Å². The molecule has 3 heterocycles. The van der Waals surface area contributed by atoms with Crippen molar-refractivity contribution in [2.24, 2.45) is 10.9 Å². The van der Waals surface area contributed by atoms with Crippen LogP contribution in [-0.2, 0) is 21.4 Å². The highest BCUT2D eigenvalue weighted by molar-refractivity contribution is 7.98. The summed E-state index contributed by atoms with van der Waals surface area (Å²) < 4.78 is 36.3. The second-order valence-electron chi connectivity index (χ2n) is 7.68. The molecule has 7 nitrogen and oxygen atoms in total. The monoisotopic (exact) mass is 525 g/mol. The maximum atomic E-state index is 13.2. The Balaban J connectivity index is 1.63. The van der Waals surface area contributed by atoms with Gasteiger partial charge in [-0.05, 0) is 55.7 Å². The molecule has 33 heavy (non-hydrogen) atoms. The Morgan fingerprint density at radius 1 is 1.33 bits per heavy atom. The molecule has 0 saturated carbocycles. The smallest absolute Gasteiger partial charge is 0.252 e. The van der Waals surface area contributed by atoms with Gasteiger partial charge in [-0.25, -0.2) is 8.42 Å². The third-order valence-corrected chi connectivity index (χ3v) is 10.4. The number of thiophene rings is 1. The van der Waals surface area contributed by atoms with Crippen molar-refractivity contribution < 1.29 is 17.9 Å². The number of rotatable bonds is 8. The lowest BCUT2D eigenvalue weighted by molar-refractivity contribution is -0.122. The van der Waals surface area contributed by atoms with E-state index in [1.807, 2.05) is 25.1 Å². The highest BCUT2D eigenvalue weighted by Gasteiger charge is 2.33. The molecule has 2 aromatic heterocycles. The van der Waals surface area contributed by atoms with Gasteiger partial charge in [0.05, 0.1) is 22.7 Å². The first kappa shape index (κ1) is 24.5. The van der Waals surface area contributed by atoms with Crippen molar-refractivity contribution in [2.75, 3.05) is 31.7 Å². The van der Waals surface area contributed by atoms with Crippen LogP contribution in [-0.4, -0.2) is 54.9 Å².